The fraction of sp³-hybridized carbons (Fsp3) is 0.208. The lowest BCUT2D eigenvalue weighted by Gasteiger charge is -2.37. The van der Waals surface area contributed by atoms with Crippen LogP contribution in [0, 0.1) is 5.82 Å². The van der Waals surface area contributed by atoms with Crippen molar-refractivity contribution in [2.75, 3.05) is 19.6 Å². The molecule has 1 unspecified atom stereocenters. The number of thiophene rings is 1. The Morgan fingerprint density at radius 3 is 2.56 bits per heavy atom. The molecule has 1 aromatic heterocycles. The normalized spacial score (nSPS) is 16.1. The second-order valence-electron chi connectivity index (χ2n) is 7.49. The summed E-state index contributed by atoms with van der Waals surface area (Å²) >= 11 is 1.63. The summed E-state index contributed by atoms with van der Waals surface area (Å²) in [7, 11) is -3.87. The van der Waals surface area contributed by atoms with Crippen LogP contribution in [0.4, 0.5) is 4.39 Å². The van der Waals surface area contributed by atoms with E-state index in [-0.39, 0.29) is 35.8 Å². The molecule has 8 heteroatoms. The van der Waals surface area contributed by atoms with Crippen molar-refractivity contribution in [1.82, 2.24) is 9.21 Å². The van der Waals surface area contributed by atoms with Gasteiger partial charge >= 0.3 is 0 Å². The number of benzene rings is 2. The van der Waals surface area contributed by atoms with Gasteiger partial charge in [0.1, 0.15) is 5.82 Å². The summed E-state index contributed by atoms with van der Waals surface area (Å²) in [6.45, 7) is 3.83. The molecule has 0 radical (unpaired) electrons. The Bertz CT molecular complexity index is 1210. The molecule has 5 nitrogen and oxygen atoms in total. The number of fused-ring (bicyclic) bond motifs is 1. The average molecular weight is 471 g/mol. The van der Waals surface area contributed by atoms with E-state index in [0.29, 0.717) is 13.0 Å². The van der Waals surface area contributed by atoms with Gasteiger partial charge in [-0.15, -0.1) is 17.9 Å². The zero-order valence-corrected chi connectivity index (χ0v) is 19.0. The molecule has 1 aliphatic heterocycles. The van der Waals surface area contributed by atoms with Gasteiger partial charge in [0.05, 0.1) is 17.5 Å². The molecular formula is C24H23FN2O3S2. The fourth-order valence-electron chi connectivity index (χ4n) is 3.96. The zero-order valence-electron chi connectivity index (χ0n) is 17.4. The lowest BCUT2D eigenvalue weighted by molar-refractivity contribution is -0.133. The number of sulfonamides is 1. The highest BCUT2D eigenvalue weighted by Crippen LogP contribution is 2.38. The molecule has 32 heavy (non-hydrogen) atoms. The zero-order chi connectivity index (χ0) is 22.7. The van der Waals surface area contributed by atoms with Crippen LogP contribution in [0.2, 0.25) is 0 Å². The highest BCUT2D eigenvalue weighted by atomic mass is 32.2. The Labute approximate surface area is 191 Å². The third kappa shape index (κ3) is 4.39. The van der Waals surface area contributed by atoms with Crippen LogP contribution in [0.25, 0.3) is 0 Å². The number of halogens is 1. The van der Waals surface area contributed by atoms with E-state index in [1.165, 1.54) is 35.2 Å². The molecule has 1 amide bonds. The predicted molar refractivity (Wildman–Crippen MR) is 123 cm³/mol. The Balaban J connectivity index is 1.65. The molecule has 0 spiro atoms. The second-order valence-corrected chi connectivity index (χ2v) is 10.4. The Kier molecular flexibility index (Phi) is 6.55. The van der Waals surface area contributed by atoms with Gasteiger partial charge in [0.15, 0.2) is 0 Å². The molecule has 0 saturated heterocycles. The minimum atomic E-state index is -3.87. The van der Waals surface area contributed by atoms with Crippen molar-refractivity contribution in [2.45, 2.75) is 17.4 Å². The van der Waals surface area contributed by atoms with E-state index in [4.69, 9.17) is 0 Å². The quantitative estimate of drug-likeness (QED) is 0.486. The van der Waals surface area contributed by atoms with Gasteiger partial charge in [0.2, 0.25) is 15.9 Å². The summed E-state index contributed by atoms with van der Waals surface area (Å²) in [5, 5.41) is 1.99. The summed E-state index contributed by atoms with van der Waals surface area (Å²) in [4.78, 5) is 16.5. The van der Waals surface area contributed by atoms with Crippen LogP contribution in [0.1, 0.15) is 22.0 Å². The Hall–Kier alpha value is -2.81. The van der Waals surface area contributed by atoms with E-state index >= 15 is 0 Å². The van der Waals surface area contributed by atoms with Gasteiger partial charge in [-0.2, -0.15) is 4.31 Å². The first kappa shape index (κ1) is 22.4. The Morgan fingerprint density at radius 2 is 1.88 bits per heavy atom. The number of hydrogen-bond donors (Lipinski definition) is 0. The summed E-state index contributed by atoms with van der Waals surface area (Å²) < 4.78 is 41.0. The molecule has 2 aromatic carbocycles. The highest BCUT2D eigenvalue weighted by molar-refractivity contribution is 7.89. The third-order valence-electron chi connectivity index (χ3n) is 5.50. The topological polar surface area (TPSA) is 57.7 Å². The van der Waals surface area contributed by atoms with Crippen LogP contribution >= 0.6 is 11.3 Å². The van der Waals surface area contributed by atoms with Crippen molar-refractivity contribution in [3.63, 3.8) is 0 Å². The van der Waals surface area contributed by atoms with Crippen LogP contribution < -0.4 is 0 Å². The molecule has 166 valence electrons. The number of nitrogens with zero attached hydrogens (tertiary/aromatic N) is 2. The lowest BCUT2D eigenvalue weighted by atomic mass is 9.93. The summed E-state index contributed by atoms with van der Waals surface area (Å²) in [6.07, 6.45) is 2.17. The van der Waals surface area contributed by atoms with Crippen molar-refractivity contribution in [3.8, 4) is 0 Å². The molecule has 2 heterocycles. The van der Waals surface area contributed by atoms with Crippen molar-refractivity contribution >= 4 is 27.3 Å². The molecule has 1 atom stereocenters. The highest BCUT2D eigenvalue weighted by Gasteiger charge is 2.35. The van der Waals surface area contributed by atoms with Gasteiger partial charge in [0, 0.05) is 18.0 Å². The van der Waals surface area contributed by atoms with Crippen LogP contribution in [-0.4, -0.2) is 43.2 Å². The standard InChI is InChI=1S/C24H23FN2O3S2/c1-2-14-26(32(29,30)20-6-4-3-5-7-20)17-23(28)27-15-12-22-21(13-16-31-22)24(27)18-8-10-19(25)11-9-18/h2-11,13,16,24H,1,12,14-15,17H2. The molecule has 0 bridgehead atoms. The minimum absolute atomic E-state index is 0.0156. The van der Waals surface area contributed by atoms with Crippen molar-refractivity contribution in [2.24, 2.45) is 0 Å². The van der Waals surface area contributed by atoms with E-state index in [9.17, 15) is 17.6 Å². The van der Waals surface area contributed by atoms with Gasteiger partial charge in [-0.3, -0.25) is 4.79 Å². The first-order chi connectivity index (χ1) is 15.4. The van der Waals surface area contributed by atoms with Gasteiger partial charge < -0.3 is 4.90 Å². The van der Waals surface area contributed by atoms with Crippen LogP contribution in [-0.2, 0) is 21.2 Å². The Morgan fingerprint density at radius 1 is 1.16 bits per heavy atom. The van der Waals surface area contributed by atoms with Crippen molar-refractivity contribution < 1.29 is 17.6 Å². The second kappa shape index (κ2) is 9.36. The maximum atomic E-state index is 13.5. The van der Waals surface area contributed by atoms with Gasteiger partial charge in [0.25, 0.3) is 0 Å². The lowest BCUT2D eigenvalue weighted by Crippen LogP contribution is -2.46. The fourth-order valence-corrected chi connectivity index (χ4v) is 6.25. The van der Waals surface area contributed by atoms with Crippen LogP contribution in [0.5, 0.6) is 0 Å². The van der Waals surface area contributed by atoms with Crippen LogP contribution in [0.15, 0.2) is 83.6 Å². The van der Waals surface area contributed by atoms with Gasteiger partial charge in [-0.25, -0.2) is 12.8 Å². The SMILES string of the molecule is C=CCN(CC(=O)N1CCc2sccc2C1c1ccc(F)cc1)S(=O)(=O)c1ccccc1. The van der Waals surface area contributed by atoms with E-state index in [0.717, 1.165) is 15.4 Å². The van der Waals surface area contributed by atoms with Gasteiger partial charge in [-0.05, 0) is 53.3 Å². The number of hydrogen-bond acceptors (Lipinski definition) is 4. The van der Waals surface area contributed by atoms with Gasteiger partial charge in [-0.1, -0.05) is 36.4 Å². The molecule has 4 rings (SSSR count). The first-order valence-electron chi connectivity index (χ1n) is 10.2. The number of carbonyl (C=O) groups excluding carboxylic acids is 1. The summed E-state index contributed by atoms with van der Waals surface area (Å²) in [6, 6.07) is 15.8. The smallest absolute Gasteiger partial charge is 0.243 e. The van der Waals surface area contributed by atoms with E-state index in [1.807, 2.05) is 11.4 Å². The minimum Gasteiger partial charge on any atom is -0.330 e. The molecule has 0 saturated carbocycles. The monoisotopic (exact) mass is 470 g/mol. The van der Waals surface area contributed by atoms with E-state index in [2.05, 4.69) is 6.58 Å². The molecular weight excluding hydrogens is 447 g/mol. The maximum absolute atomic E-state index is 13.5. The van der Waals surface area contributed by atoms with Crippen LogP contribution in [0.3, 0.4) is 0 Å². The molecule has 3 aromatic rings. The summed E-state index contributed by atoms with van der Waals surface area (Å²) in [5.41, 5.74) is 1.79. The van der Waals surface area contributed by atoms with Crippen molar-refractivity contribution in [1.29, 1.82) is 0 Å². The molecule has 0 fully saturated rings. The number of amides is 1. The first-order valence-corrected chi connectivity index (χ1v) is 12.5. The average Bonchev–Trinajstić information content (AvgIpc) is 3.28. The van der Waals surface area contributed by atoms with E-state index < -0.39 is 10.0 Å². The maximum Gasteiger partial charge on any atom is 0.243 e. The number of rotatable bonds is 7. The molecule has 1 aliphatic rings. The molecule has 0 aliphatic carbocycles. The largest absolute Gasteiger partial charge is 0.330 e. The van der Waals surface area contributed by atoms with E-state index in [1.54, 1.807) is 46.6 Å². The van der Waals surface area contributed by atoms with Crippen molar-refractivity contribution in [3.05, 3.63) is 101 Å². The predicted octanol–water partition coefficient (Wildman–Crippen LogP) is 4.24. The summed E-state index contributed by atoms with van der Waals surface area (Å²) in [5.74, 6) is -0.656. The molecule has 0 N–H and O–H groups in total. The number of carbonyl (C=O) groups is 1. The third-order valence-corrected chi connectivity index (χ3v) is 8.32.